The van der Waals surface area contributed by atoms with E-state index in [2.05, 4.69) is 13.2 Å². The summed E-state index contributed by atoms with van der Waals surface area (Å²) in [7, 11) is 1.37. The molecule has 0 spiro atoms. The van der Waals surface area contributed by atoms with E-state index < -0.39 is 11.6 Å². The van der Waals surface area contributed by atoms with E-state index >= 15 is 0 Å². The first-order chi connectivity index (χ1) is 17.7. The van der Waals surface area contributed by atoms with Crippen molar-refractivity contribution in [2.75, 3.05) is 33.4 Å². The quantitative estimate of drug-likeness (QED) is 0.214. The Morgan fingerprint density at radius 2 is 1.89 bits per heavy atom. The van der Waals surface area contributed by atoms with Crippen molar-refractivity contribution in [2.45, 2.75) is 57.7 Å². The fourth-order valence-corrected chi connectivity index (χ4v) is 4.58. The third-order valence-corrected chi connectivity index (χ3v) is 6.28. The Morgan fingerprint density at radius 1 is 1.11 bits per heavy atom. The van der Waals surface area contributed by atoms with Gasteiger partial charge in [0, 0.05) is 19.0 Å². The van der Waals surface area contributed by atoms with E-state index in [9.17, 15) is 9.59 Å². The molecule has 37 heavy (non-hydrogen) atoms. The van der Waals surface area contributed by atoms with Crippen molar-refractivity contribution in [2.24, 2.45) is 0 Å². The van der Waals surface area contributed by atoms with Gasteiger partial charge in [0.15, 0.2) is 0 Å². The zero-order chi connectivity index (χ0) is 27.0. The number of ether oxygens (including phenoxy) is 4. The third-order valence-electron chi connectivity index (χ3n) is 6.28. The van der Waals surface area contributed by atoms with E-state index in [-0.39, 0.29) is 18.1 Å². The fourth-order valence-electron chi connectivity index (χ4n) is 4.58. The molecule has 0 bridgehead atoms. The van der Waals surface area contributed by atoms with Gasteiger partial charge in [-0.2, -0.15) is 0 Å². The van der Waals surface area contributed by atoms with Gasteiger partial charge in [-0.1, -0.05) is 18.2 Å². The number of rotatable bonds is 10. The molecular weight excluding hydrogens is 470 g/mol. The van der Waals surface area contributed by atoms with Crippen LogP contribution in [-0.4, -0.2) is 62.1 Å². The first-order valence-electron chi connectivity index (χ1n) is 12.8. The second-order valence-corrected chi connectivity index (χ2v) is 10.2. The standard InChI is InChI=1S/C30H39NO6/c1-7-9-10-18-35-21-11-12-22-24(28(32)34-6)14-13-23(25(22)19-21)26-20-31(29(33)37-30(3,4)5)16-15-27(26)36-17-8-2/h7-8,11-14,19,26-27H,1-2,9-10,15-18,20H2,3-6H3/t26-,27+/m1/s1. The number of unbranched alkanes of at least 4 members (excludes halogenated alkanes) is 1. The van der Waals surface area contributed by atoms with Crippen LogP contribution < -0.4 is 4.74 Å². The maximum atomic E-state index is 12.9. The molecule has 1 heterocycles. The van der Waals surface area contributed by atoms with Crippen molar-refractivity contribution in [3.63, 3.8) is 0 Å². The number of hydrogen-bond acceptors (Lipinski definition) is 6. The van der Waals surface area contributed by atoms with Crippen molar-refractivity contribution in [3.05, 3.63) is 66.8 Å². The second kappa shape index (κ2) is 12.8. The van der Waals surface area contributed by atoms with E-state index in [4.69, 9.17) is 18.9 Å². The van der Waals surface area contributed by atoms with Gasteiger partial charge in [-0.05, 0) is 80.6 Å². The number of benzene rings is 2. The first kappa shape index (κ1) is 28.3. The summed E-state index contributed by atoms with van der Waals surface area (Å²) in [5.41, 5.74) is 0.861. The molecule has 0 unspecified atom stereocenters. The predicted octanol–water partition coefficient (Wildman–Crippen LogP) is 6.27. The molecule has 200 valence electrons. The Hall–Kier alpha value is -3.32. The minimum Gasteiger partial charge on any atom is -0.494 e. The van der Waals surface area contributed by atoms with Crippen LogP contribution in [0.2, 0.25) is 0 Å². The average Bonchev–Trinajstić information content (AvgIpc) is 2.87. The van der Waals surface area contributed by atoms with E-state index in [0.717, 1.165) is 29.2 Å². The fraction of sp³-hybridized carbons (Fsp3) is 0.467. The summed E-state index contributed by atoms with van der Waals surface area (Å²) >= 11 is 0. The number of piperidine rings is 1. The number of fused-ring (bicyclic) bond motifs is 1. The molecule has 3 rings (SSSR count). The molecule has 1 aliphatic heterocycles. The highest BCUT2D eigenvalue weighted by Gasteiger charge is 2.36. The normalized spacial score (nSPS) is 17.8. The maximum absolute atomic E-state index is 12.9. The van der Waals surface area contributed by atoms with Crippen LogP contribution in [0.15, 0.2) is 55.6 Å². The minimum absolute atomic E-state index is 0.138. The number of allylic oxidation sites excluding steroid dienone is 1. The van der Waals surface area contributed by atoms with Crippen molar-refractivity contribution in [3.8, 4) is 5.75 Å². The van der Waals surface area contributed by atoms with Gasteiger partial charge in [-0.25, -0.2) is 9.59 Å². The number of carbonyl (C=O) groups is 2. The Morgan fingerprint density at radius 3 is 2.57 bits per heavy atom. The molecule has 0 aliphatic carbocycles. The van der Waals surface area contributed by atoms with Gasteiger partial charge >= 0.3 is 12.1 Å². The molecule has 0 radical (unpaired) electrons. The largest absolute Gasteiger partial charge is 0.494 e. The van der Waals surface area contributed by atoms with Crippen molar-refractivity contribution in [1.29, 1.82) is 0 Å². The van der Waals surface area contributed by atoms with Gasteiger partial charge in [0.25, 0.3) is 0 Å². The number of likely N-dealkylation sites (tertiary alicyclic amines) is 1. The Kier molecular flexibility index (Phi) is 9.75. The summed E-state index contributed by atoms with van der Waals surface area (Å²) in [6.45, 7) is 15.0. The molecule has 1 saturated heterocycles. The summed E-state index contributed by atoms with van der Waals surface area (Å²) in [5.74, 6) is 0.157. The summed E-state index contributed by atoms with van der Waals surface area (Å²) in [6.07, 6.45) is 5.49. The van der Waals surface area contributed by atoms with Crippen LogP contribution in [-0.2, 0) is 14.2 Å². The lowest BCUT2D eigenvalue weighted by atomic mass is 9.84. The van der Waals surface area contributed by atoms with E-state index in [1.54, 1.807) is 17.0 Å². The number of nitrogens with zero attached hydrogens (tertiary/aromatic N) is 1. The van der Waals surface area contributed by atoms with Crippen LogP contribution in [0.1, 0.15) is 61.9 Å². The minimum atomic E-state index is -0.588. The first-order valence-corrected chi connectivity index (χ1v) is 12.8. The molecule has 0 saturated carbocycles. The summed E-state index contributed by atoms with van der Waals surface area (Å²) < 4.78 is 22.9. The molecule has 0 N–H and O–H groups in total. The lowest BCUT2D eigenvalue weighted by Gasteiger charge is -2.39. The molecule has 1 fully saturated rings. The van der Waals surface area contributed by atoms with Crippen LogP contribution in [0.3, 0.4) is 0 Å². The Balaban J connectivity index is 2.05. The smallest absolute Gasteiger partial charge is 0.410 e. The maximum Gasteiger partial charge on any atom is 0.410 e. The van der Waals surface area contributed by atoms with Crippen LogP contribution in [0.4, 0.5) is 4.79 Å². The monoisotopic (exact) mass is 509 g/mol. The molecule has 2 aromatic carbocycles. The number of esters is 1. The summed E-state index contributed by atoms with van der Waals surface area (Å²) in [6, 6.07) is 9.44. The molecule has 2 aromatic rings. The topological polar surface area (TPSA) is 74.3 Å². The van der Waals surface area contributed by atoms with Crippen LogP contribution >= 0.6 is 0 Å². The van der Waals surface area contributed by atoms with Gasteiger partial charge in [0.1, 0.15) is 11.4 Å². The molecule has 1 amide bonds. The molecule has 0 aromatic heterocycles. The van der Waals surface area contributed by atoms with Crippen molar-refractivity contribution < 1.29 is 28.5 Å². The lowest BCUT2D eigenvalue weighted by molar-refractivity contribution is -0.0147. The molecule has 7 heteroatoms. The zero-order valence-electron chi connectivity index (χ0n) is 22.5. The van der Waals surface area contributed by atoms with Gasteiger partial charge in [-0.3, -0.25) is 0 Å². The zero-order valence-corrected chi connectivity index (χ0v) is 22.5. The van der Waals surface area contributed by atoms with E-state index in [0.29, 0.717) is 44.0 Å². The second-order valence-electron chi connectivity index (χ2n) is 10.2. The summed E-state index contributed by atoms with van der Waals surface area (Å²) in [5, 5.41) is 1.63. The van der Waals surface area contributed by atoms with E-state index in [1.807, 2.05) is 51.1 Å². The third kappa shape index (κ3) is 7.35. The number of amides is 1. The number of carbonyl (C=O) groups excluding carboxylic acids is 2. The van der Waals surface area contributed by atoms with Crippen LogP contribution in [0.5, 0.6) is 5.75 Å². The van der Waals surface area contributed by atoms with Crippen molar-refractivity contribution in [1.82, 2.24) is 4.90 Å². The van der Waals surface area contributed by atoms with Gasteiger partial charge in [0.05, 0.1) is 32.0 Å². The lowest BCUT2D eigenvalue weighted by Crippen LogP contribution is -2.47. The molecule has 7 nitrogen and oxygen atoms in total. The van der Waals surface area contributed by atoms with Crippen molar-refractivity contribution >= 4 is 22.8 Å². The molecule has 2 atom stereocenters. The van der Waals surface area contributed by atoms with Gasteiger partial charge < -0.3 is 23.8 Å². The van der Waals surface area contributed by atoms with Crippen LogP contribution in [0.25, 0.3) is 10.8 Å². The SMILES string of the molecule is C=CCCCOc1ccc2c(C(=O)OC)ccc([C@H]3CN(C(=O)OC(C)(C)C)CC[C@@H]3OCC=C)c2c1. The van der Waals surface area contributed by atoms with Crippen LogP contribution in [0, 0.1) is 0 Å². The van der Waals surface area contributed by atoms with Gasteiger partial charge in [0.2, 0.25) is 0 Å². The number of methoxy groups -OCH3 is 1. The predicted molar refractivity (Wildman–Crippen MR) is 145 cm³/mol. The molecular formula is C30H39NO6. The van der Waals surface area contributed by atoms with Gasteiger partial charge in [-0.15, -0.1) is 13.2 Å². The highest BCUT2D eigenvalue weighted by atomic mass is 16.6. The highest BCUT2D eigenvalue weighted by Crippen LogP contribution is 2.37. The number of hydrogen-bond donors (Lipinski definition) is 0. The summed E-state index contributed by atoms with van der Waals surface area (Å²) in [4.78, 5) is 27.2. The molecule has 1 aliphatic rings. The van der Waals surface area contributed by atoms with E-state index in [1.165, 1.54) is 7.11 Å². The Labute approximate surface area is 220 Å². The highest BCUT2D eigenvalue weighted by molar-refractivity contribution is 6.06. The average molecular weight is 510 g/mol. The Bertz CT molecular complexity index is 1120.